The monoisotopic (exact) mass is 399 g/mol. The van der Waals surface area contributed by atoms with Crippen LogP contribution in [0.5, 0.6) is 5.88 Å². The molecule has 4 rings (SSSR count). The van der Waals surface area contributed by atoms with Crippen molar-refractivity contribution < 1.29 is 18.7 Å². The highest BCUT2D eigenvalue weighted by Crippen LogP contribution is 2.21. The van der Waals surface area contributed by atoms with Gasteiger partial charge in [-0.25, -0.2) is 9.18 Å². The molecule has 0 spiro atoms. The molecule has 8 nitrogen and oxygen atoms in total. The van der Waals surface area contributed by atoms with Crippen LogP contribution in [0.4, 0.5) is 14.9 Å². The molecule has 3 heterocycles. The third kappa shape index (κ3) is 4.28. The second-order valence-electron chi connectivity index (χ2n) is 7.21. The minimum absolute atomic E-state index is 0.0214. The molecule has 0 radical (unpaired) electrons. The molecule has 0 saturated carbocycles. The van der Waals surface area contributed by atoms with Crippen molar-refractivity contribution in [3.8, 4) is 5.88 Å². The summed E-state index contributed by atoms with van der Waals surface area (Å²) in [5, 5.41) is 7.95. The smallest absolute Gasteiger partial charge is 0.325 e. The number of anilines is 1. The summed E-state index contributed by atoms with van der Waals surface area (Å²) >= 11 is 0. The summed E-state index contributed by atoms with van der Waals surface area (Å²) < 4.78 is 18.9. The second-order valence-corrected chi connectivity index (χ2v) is 7.21. The number of halogens is 1. The molecule has 2 aliphatic rings. The van der Waals surface area contributed by atoms with Crippen LogP contribution in [0.25, 0.3) is 0 Å². The van der Waals surface area contributed by atoms with Gasteiger partial charge in [0.15, 0.2) is 0 Å². The van der Waals surface area contributed by atoms with E-state index in [2.05, 4.69) is 10.2 Å². The number of carbonyl (C=O) groups excluding carboxylic acids is 2. The lowest BCUT2D eigenvalue weighted by atomic mass is 10.3. The topological polar surface area (TPSA) is 78.9 Å². The SMILES string of the molecule is Cc1ccc(O[C@@H]2CCN(C(=O)CN3CCN(c4ccc(F)cc4)C3=O)C2)nn1. The molecule has 2 aliphatic heterocycles. The van der Waals surface area contributed by atoms with Gasteiger partial charge in [0.25, 0.3) is 0 Å². The highest BCUT2D eigenvalue weighted by atomic mass is 19.1. The molecule has 1 aromatic carbocycles. The molecule has 0 aliphatic carbocycles. The first-order valence-corrected chi connectivity index (χ1v) is 9.56. The van der Waals surface area contributed by atoms with Gasteiger partial charge in [0.05, 0.1) is 12.2 Å². The summed E-state index contributed by atoms with van der Waals surface area (Å²) in [6, 6.07) is 9.11. The number of likely N-dealkylation sites (tertiary alicyclic amines) is 1. The van der Waals surface area contributed by atoms with Crippen LogP contribution in [0.1, 0.15) is 12.1 Å². The molecule has 0 bridgehead atoms. The molecular formula is C20H22FN5O3. The highest BCUT2D eigenvalue weighted by molar-refractivity contribution is 5.96. The molecule has 152 valence electrons. The molecule has 0 unspecified atom stereocenters. The van der Waals surface area contributed by atoms with Gasteiger partial charge >= 0.3 is 6.03 Å². The van der Waals surface area contributed by atoms with E-state index in [1.54, 1.807) is 28.0 Å². The van der Waals surface area contributed by atoms with Crippen molar-refractivity contribution in [1.29, 1.82) is 0 Å². The van der Waals surface area contributed by atoms with Gasteiger partial charge in [-0.05, 0) is 37.3 Å². The van der Waals surface area contributed by atoms with Crippen molar-refractivity contribution in [1.82, 2.24) is 20.0 Å². The molecule has 2 fully saturated rings. The summed E-state index contributed by atoms with van der Waals surface area (Å²) in [6.07, 6.45) is 0.567. The number of benzene rings is 1. The molecule has 9 heteroatoms. The van der Waals surface area contributed by atoms with Crippen LogP contribution < -0.4 is 9.64 Å². The zero-order chi connectivity index (χ0) is 20.4. The molecule has 1 aromatic heterocycles. The average molecular weight is 399 g/mol. The minimum atomic E-state index is -0.352. The number of rotatable bonds is 5. The van der Waals surface area contributed by atoms with E-state index in [1.165, 1.54) is 17.0 Å². The Kier molecular flexibility index (Phi) is 5.28. The summed E-state index contributed by atoms with van der Waals surface area (Å²) in [5.74, 6) is -0.0187. The van der Waals surface area contributed by atoms with Crippen LogP contribution >= 0.6 is 0 Å². The van der Waals surface area contributed by atoms with Crippen molar-refractivity contribution in [3.63, 3.8) is 0 Å². The Morgan fingerprint density at radius 1 is 1.14 bits per heavy atom. The van der Waals surface area contributed by atoms with Gasteiger partial charge in [0.1, 0.15) is 18.5 Å². The van der Waals surface area contributed by atoms with Crippen molar-refractivity contribution in [2.24, 2.45) is 0 Å². The number of aryl methyl sites for hydroxylation is 1. The number of hydrogen-bond donors (Lipinski definition) is 0. The van der Waals surface area contributed by atoms with Gasteiger partial charge in [-0.2, -0.15) is 5.10 Å². The van der Waals surface area contributed by atoms with Crippen molar-refractivity contribution >= 4 is 17.6 Å². The quantitative estimate of drug-likeness (QED) is 0.767. The van der Waals surface area contributed by atoms with E-state index < -0.39 is 0 Å². The van der Waals surface area contributed by atoms with E-state index in [1.807, 2.05) is 13.0 Å². The molecule has 1 atom stereocenters. The maximum Gasteiger partial charge on any atom is 0.325 e. The van der Waals surface area contributed by atoms with Gasteiger partial charge in [0.2, 0.25) is 11.8 Å². The number of carbonyl (C=O) groups is 2. The van der Waals surface area contributed by atoms with Gasteiger partial charge in [0, 0.05) is 37.8 Å². The van der Waals surface area contributed by atoms with E-state index in [0.29, 0.717) is 44.2 Å². The van der Waals surface area contributed by atoms with E-state index >= 15 is 0 Å². The summed E-state index contributed by atoms with van der Waals surface area (Å²) in [7, 11) is 0. The Morgan fingerprint density at radius 2 is 1.93 bits per heavy atom. The standard InChI is InChI=1S/C20H22FN5O3/c1-14-2-7-18(23-22-14)29-17-8-9-24(12-17)19(27)13-25-10-11-26(20(25)28)16-5-3-15(21)4-6-16/h2-7,17H,8-13H2,1H3/t17-/m1/s1. The molecule has 2 saturated heterocycles. The van der Waals surface area contributed by atoms with E-state index in [-0.39, 0.29) is 30.4 Å². The van der Waals surface area contributed by atoms with E-state index in [0.717, 1.165) is 5.69 Å². The molecule has 29 heavy (non-hydrogen) atoms. The van der Waals surface area contributed by atoms with Crippen LogP contribution in [0.15, 0.2) is 36.4 Å². The largest absolute Gasteiger partial charge is 0.471 e. The summed E-state index contributed by atoms with van der Waals surface area (Å²) in [6.45, 7) is 3.83. The first-order valence-electron chi connectivity index (χ1n) is 9.56. The number of nitrogens with zero attached hydrogens (tertiary/aromatic N) is 5. The predicted molar refractivity (Wildman–Crippen MR) is 103 cm³/mol. The van der Waals surface area contributed by atoms with E-state index in [4.69, 9.17) is 4.74 Å². The van der Waals surface area contributed by atoms with Gasteiger partial charge in [-0.1, -0.05) is 0 Å². The van der Waals surface area contributed by atoms with E-state index in [9.17, 15) is 14.0 Å². The van der Waals surface area contributed by atoms with Crippen LogP contribution in [-0.4, -0.2) is 70.8 Å². The van der Waals surface area contributed by atoms with Crippen LogP contribution in [0, 0.1) is 12.7 Å². The van der Waals surface area contributed by atoms with Crippen LogP contribution in [0.3, 0.4) is 0 Å². The lowest BCUT2D eigenvalue weighted by Gasteiger charge is -2.22. The third-order valence-corrected chi connectivity index (χ3v) is 5.12. The number of ether oxygens (including phenoxy) is 1. The number of amides is 3. The maximum absolute atomic E-state index is 13.1. The Hall–Kier alpha value is -3.23. The lowest BCUT2D eigenvalue weighted by Crippen LogP contribution is -2.42. The van der Waals surface area contributed by atoms with Gasteiger partial charge in [-0.3, -0.25) is 9.69 Å². The third-order valence-electron chi connectivity index (χ3n) is 5.12. The Bertz CT molecular complexity index is 890. The normalized spacial score (nSPS) is 19.2. The number of hydrogen-bond acceptors (Lipinski definition) is 5. The van der Waals surface area contributed by atoms with Crippen LogP contribution in [-0.2, 0) is 4.79 Å². The fraction of sp³-hybridized carbons (Fsp3) is 0.400. The van der Waals surface area contributed by atoms with Gasteiger partial charge in [-0.15, -0.1) is 5.10 Å². The second kappa shape index (κ2) is 8.02. The zero-order valence-electron chi connectivity index (χ0n) is 16.1. The van der Waals surface area contributed by atoms with Crippen molar-refractivity contribution in [3.05, 3.63) is 47.9 Å². The fourth-order valence-corrected chi connectivity index (χ4v) is 3.52. The van der Waals surface area contributed by atoms with Crippen molar-refractivity contribution in [2.75, 3.05) is 37.6 Å². The maximum atomic E-state index is 13.1. The number of urea groups is 1. The minimum Gasteiger partial charge on any atom is -0.471 e. The molecule has 3 amide bonds. The highest BCUT2D eigenvalue weighted by Gasteiger charge is 2.34. The summed E-state index contributed by atoms with van der Waals surface area (Å²) in [5.41, 5.74) is 1.44. The Morgan fingerprint density at radius 3 is 2.66 bits per heavy atom. The molecule has 2 aromatic rings. The lowest BCUT2D eigenvalue weighted by molar-refractivity contribution is -0.130. The molecular weight excluding hydrogens is 377 g/mol. The average Bonchev–Trinajstić information content (AvgIpc) is 3.32. The van der Waals surface area contributed by atoms with Crippen molar-refractivity contribution in [2.45, 2.75) is 19.4 Å². The Labute approximate surface area is 167 Å². The Balaban J connectivity index is 1.30. The first-order chi connectivity index (χ1) is 14.0. The summed E-state index contributed by atoms with van der Waals surface area (Å²) in [4.78, 5) is 30.1. The van der Waals surface area contributed by atoms with Crippen LogP contribution in [0.2, 0.25) is 0 Å². The molecule has 0 N–H and O–H groups in total. The number of aromatic nitrogens is 2. The predicted octanol–water partition coefficient (Wildman–Crippen LogP) is 1.85. The zero-order valence-corrected chi connectivity index (χ0v) is 16.1. The van der Waals surface area contributed by atoms with Gasteiger partial charge < -0.3 is 14.5 Å². The fourth-order valence-electron chi connectivity index (χ4n) is 3.52. The first kappa shape index (κ1) is 19.1.